The lowest BCUT2D eigenvalue weighted by Gasteiger charge is -2.14. The Kier molecular flexibility index (Phi) is 7.33. The van der Waals surface area contributed by atoms with Crippen LogP contribution in [-0.2, 0) is 6.61 Å². The van der Waals surface area contributed by atoms with E-state index in [1.807, 2.05) is 49.4 Å². The normalized spacial score (nSPS) is 11.7. The van der Waals surface area contributed by atoms with Gasteiger partial charge in [-0.3, -0.25) is 9.20 Å². The van der Waals surface area contributed by atoms with Gasteiger partial charge in [-0.15, -0.1) is 12.4 Å². The van der Waals surface area contributed by atoms with Crippen molar-refractivity contribution in [3.05, 3.63) is 89.9 Å². The summed E-state index contributed by atoms with van der Waals surface area (Å²) in [6.07, 6.45) is 5.13. The van der Waals surface area contributed by atoms with Crippen molar-refractivity contribution in [1.29, 1.82) is 0 Å². The number of hydrogen-bond donors (Lipinski definition) is 1. The van der Waals surface area contributed by atoms with Crippen LogP contribution in [0, 0.1) is 6.92 Å². The van der Waals surface area contributed by atoms with E-state index in [0.29, 0.717) is 22.8 Å². The zero-order valence-corrected chi connectivity index (χ0v) is 17.8. The van der Waals surface area contributed by atoms with Crippen molar-refractivity contribution < 1.29 is 14.6 Å². The van der Waals surface area contributed by atoms with E-state index < -0.39 is 0 Å². The number of rotatable bonds is 8. The number of pyridine rings is 1. The summed E-state index contributed by atoms with van der Waals surface area (Å²) in [4.78, 5) is 25.8. The van der Waals surface area contributed by atoms with E-state index in [-0.39, 0.29) is 43.7 Å². The van der Waals surface area contributed by atoms with Crippen LogP contribution in [0.25, 0.3) is 5.65 Å². The predicted molar refractivity (Wildman–Crippen MR) is 119 cm³/mol. The fourth-order valence-electron chi connectivity index (χ4n) is 3.49. The van der Waals surface area contributed by atoms with E-state index >= 15 is 0 Å². The average Bonchev–Trinajstić information content (AvgIpc) is 3.13. The first-order chi connectivity index (χ1) is 14.7. The number of aliphatic hydroxyl groups excluding tert-OH is 1. The molecule has 8 heteroatoms. The number of hydrogen-bond acceptors (Lipinski definition) is 6. The number of halogens is 1. The third-order valence-corrected chi connectivity index (χ3v) is 4.99. The Labute approximate surface area is 186 Å². The molecular weight excluding hydrogens is 416 g/mol. The van der Waals surface area contributed by atoms with Crippen LogP contribution in [0.1, 0.15) is 39.8 Å². The summed E-state index contributed by atoms with van der Waals surface area (Å²) >= 11 is 0. The Morgan fingerprint density at radius 3 is 2.68 bits per heavy atom. The Morgan fingerprint density at radius 2 is 1.97 bits per heavy atom. The second-order valence-electron chi connectivity index (χ2n) is 7.02. The molecule has 0 unspecified atom stereocenters. The molecule has 0 saturated heterocycles. The molecule has 4 rings (SSSR count). The van der Waals surface area contributed by atoms with E-state index in [1.54, 1.807) is 22.9 Å². The van der Waals surface area contributed by atoms with Gasteiger partial charge in [-0.2, -0.15) is 0 Å². The number of aliphatic hydroxyl groups is 1. The van der Waals surface area contributed by atoms with Gasteiger partial charge in [-0.1, -0.05) is 30.3 Å². The van der Waals surface area contributed by atoms with Crippen LogP contribution in [0.15, 0.2) is 67.3 Å². The van der Waals surface area contributed by atoms with Gasteiger partial charge in [0.05, 0.1) is 18.0 Å². The molecule has 4 aromatic rings. The fourth-order valence-corrected chi connectivity index (χ4v) is 3.49. The summed E-state index contributed by atoms with van der Waals surface area (Å²) in [5.41, 5.74) is 3.40. The highest BCUT2D eigenvalue weighted by atomic mass is 35.5. The molecule has 160 valence electrons. The average molecular weight is 439 g/mol. The molecule has 0 aliphatic heterocycles. The van der Waals surface area contributed by atoms with Gasteiger partial charge in [-0.25, -0.2) is 15.0 Å². The van der Waals surface area contributed by atoms with Crippen molar-refractivity contribution in [3.8, 4) is 5.75 Å². The Morgan fingerprint density at radius 1 is 1.16 bits per heavy atom. The molecule has 0 bridgehead atoms. The van der Waals surface area contributed by atoms with Crippen LogP contribution < -0.4 is 4.74 Å². The van der Waals surface area contributed by atoms with E-state index in [1.165, 1.54) is 6.33 Å². The minimum absolute atomic E-state index is 0. The minimum atomic E-state index is -0.263. The largest absolute Gasteiger partial charge is 0.483 e. The number of benzene rings is 1. The molecule has 0 fully saturated rings. The summed E-state index contributed by atoms with van der Waals surface area (Å²) in [6.45, 7) is 1.99. The number of ketones is 1. The smallest absolute Gasteiger partial charge is 0.182 e. The number of carbonyl (C=O) groups excluding carboxylic acids is 1. The van der Waals surface area contributed by atoms with Gasteiger partial charge in [0, 0.05) is 24.7 Å². The lowest BCUT2D eigenvalue weighted by Crippen LogP contribution is -2.13. The summed E-state index contributed by atoms with van der Waals surface area (Å²) in [5.74, 6) is 0.233. The Balaban J connectivity index is 0.00000272. The SMILES string of the molecule is Cc1nc2c(OCc3ccncn3)cccn2c1C(=O)C[C@@H](CO)c1ccccc1.Cl. The molecule has 3 heterocycles. The minimum Gasteiger partial charge on any atom is -0.483 e. The van der Waals surface area contributed by atoms with Crippen LogP contribution in [-0.4, -0.2) is 36.8 Å². The molecule has 0 radical (unpaired) electrons. The number of aromatic nitrogens is 4. The molecule has 0 aliphatic rings. The zero-order chi connectivity index (χ0) is 20.9. The van der Waals surface area contributed by atoms with E-state index in [0.717, 1.165) is 11.3 Å². The van der Waals surface area contributed by atoms with Gasteiger partial charge in [0.15, 0.2) is 17.2 Å². The molecule has 0 spiro atoms. The van der Waals surface area contributed by atoms with Crippen molar-refractivity contribution in [2.24, 2.45) is 0 Å². The Bertz CT molecular complexity index is 1150. The number of fused-ring (bicyclic) bond motifs is 1. The molecule has 1 atom stereocenters. The highest BCUT2D eigenvalue weighted by Crippen LogP contribution is 2.26. The number of imidazole rings is 1. The van der Waals surface area contributed by atoms with Gasteiger partial charge in [0.2, 0.25) is 0 Å². The number of nitrogens with zero attached hydrogens (tertiary/aromatic N) is 4. The molecular formula is C23H23ClN4O3. The van der Waals surface area contributed by atoms with Crippen molar-refractivity contribution >= 4 is 23.8 Å². The summed E-state index contributed by atoms with van der Waals surface area (Å²) < 4.78 is 7.66. The van der Waals surface area contributed by atoms with Crippen LogP contribution in [0.5, 0.6) is 5.75 Å². The number of Topliss-reactive ketones (excluding diaryl/α,β-unsaturated/α-hetero) is 1. The summed E-state index contributed by atoms with van der Waals surface area (Å²) in [5, 5.41) is 9.83. The van der Waals surface area contributed by atoms with E-state index in [2.05, 4.69) is 15.0 Å². The van der Waals surface area contributed by atoms with E-state index in [4.69, 9.17) is 4.74 Å². The molecule has 3 aromatic heterocycles. The second kappa shape index (κ2) is 10.1. The maximum atomic E-state index is 13.1. The van der Waals surface area contributed by atoms with Crippen LogP contribution in [0.4, 0.5) is 0 Å². The lowest BCUT2D eigenvalue weighted by atomic mass is 9.93. The van der Waals surface area contributed by atoms with E-state index in [9.17, 15) is 9.90 Å². The quantitative estimate of drug-likeness (QED) is 0.421. The van der Waals surface area contributed by atoms with Gasteiger partial charge < -0.3 is 9.84 Å². The molecule has 0 aliphatic carbocycles. The van der Waals surface area contributed by atoms with Crippen molar-refractivity contribution in [2.75, 3.05) is 6.61 Å². The van der Waals surface area contributed by atoms with Gasteiger partial charge in [0.25, 0.3) is 0 Å². The third-order valence-electron chi connectivity index (χ3n) is 4.99. The first-order valence-electron chi connectivity index (χ1n) is 9.71. The number of ether oxygens (including phenoxy) is 1. The maximum absolute atomic E-state index is 13.1. The van der Waals surface area contributed by atoms with Crippen LogP contribution in [0.3, 0.4) is 0 Å². The second-order valence-corrected chi connectivity index (χ2v) is 7.02. The van der Waals surface area contributed by atoms with Gasteiger partial charge in [0.1, 0.15) is 18.6 Å². The number of carbonyl (C=O) groups is 1. The molecule has 0 amide bonds. The monoisotopic (exact) mass is 438 g/mol. The highest BCUT2D eigenvalue weighted by molar-refractivity contribution is 5.97. The van der Waals surface area contributed by atoms with Crippen molar-refractivity contribution in [3.63, 3.8) is 0 Å². The molecule has 1 N–H and O–H groups in total. The third kappa shape index (κ3) is 4.90. The molecule has 1 aromatic carbocycles. The van der Waals surface area contributed by atoms with Crippen LogP contribution in [0.2, 0.25) is 0 Å². The first-order valence-corrected chi connectivity index (χ1v) is 9.71. The summed E-state index contributed by atoms with van der Waals surface area (Å²) in [6, 6.07) is 15.0. The predicted octanol–water partition coefficient (Wildman–Crippen LogP) is 3.78. The molecule has 31 heavy (non-hydrogen) atoms. The zero-order valence-electron chi connectivity index (χ0n) is 17.0. The van der Waals surface area contributed by atoms with Gasteiger partial charge >= 0.3 is 0 Å². The summed E-state index contributed by atoms with van der Waals surface area (Å²) in [7, 11) is 0. The van der Waals surface area contributed by atoms with Crippen molar-refractivity contribution in [1.82, 2.24) is 19.4 Å². The van der Waals surface area contributed by atoms with Gasteiger partial charge in [-0.05, 0) is 30.7 Å². The highest BCUT2D eigenvalue weighted by Gasteiger charge is 2.22. The lowest BCUT2D eigenvalue weighted by molar-refractivity contribution is 0.0953. The van der Waals surface area contributed by atoms with Crippen LogP contribution >= 0.6 is 12.4 Å². The van der Waals surface area contributed by atoms with Crippen molar-refractivity contribution in [2.45, 2.75) is 25.9 Å². The Hall–Kier alpha value is -3.29. The topological polar surface area (TPSA) is 89.6 Å². The standard InChI is InChI=1S/C23H22N4O3.ClH/c1-16-22(20(29)12-18(13-28)17-6-3-2-4-7-17)27-11-5-8-21(23(27)26-16)30-14-19-9-10-24-15-25-19;/h2-11,15,18,28H,12-14H2,1H3;1H/t18-;/m0./s1. The number of aryl methyl sites for hydroxylation is 1. The fraction of sp³-hybridized carbons (Fsp3) is 0.217. The first kappa shape index (κ1) is 22.4. The maximum Gasteiger partial charge on any atom is 0.182 e. The molecule has 7 nitrogen and oxygen atoms in total. The molecule has 0 saturated carbocycles.